The number of amides is 3. The molecule has 0 spiro atoms. The van der Waals surface area contributed by atoms with Crippen molar-refractivity contribution in [3.63, 3.8) is 0 Å². The summed E-state index contributed by atoms with van der Waals surface area (Å²) in [6.45, 7) is 0.687. The number of methoxy groups -OCH3 is 1. The Kier molecular flexibility index (Phi) is 9.93. The predicted octanol–water partition coefficient (Wildman–Crippen LogP) is 3.71. The fraction of sp³-hybridized carbons (Fsp3) is 0.364. The number of aryl methyl sites for hydroxylation is 2. The van der Waals surface area contributed by atoms with E-state index in [1.807, 2.05) is 30.3 Å². The Bertz CT molecular complexity index is 1500. The Morgan fingerprint density at radius 3 is 2.55 bits per heavy atom. The number of carbonyl (C=O) groups is 3. The zero-order valence-electron chi connectivity index (χ0n) is 24.4. The van der Waals surface area contributed by atoms with Crippen LogP contribution in [0.2, 0.25) is 0 Å². The summed E-state index contributed by atoms with van der Waals surface area (Å²) >= 11 is 0. The highest BCUT2D eigenvalue weighted by molar-refractivity contribution is 5.79. The molecule has 0 aromatic heterocycles. The molecule has 1 fully saturated rings. The van der Waals surface area contributed by atoms with E-state index in [1.165, 1.54) is 13.2 Å². The van der Waals surface area contributed by atoms with Crippen molar-refractivity contribution in [3.05, 3.63) is 89.0 Å². The van der Waals surface area contributed by atoms with Gasteiger partial charge in [0.25, 0.3) is 5.91 Å². The number of nitrogens with one attached hydrogen (secondary N) is 2. The van der Waals surface area contributed by atoms with Crippen LogP contribution in [0.4, 0.5) is 8.78 Å². The van der Waals surface area contributed by atoms with E-state index in [9.17, 15) is 23.2 Å². The van der Waals surface area contributed by atoms with Crippen LogP contribution in [0.5, 0.6) is 17.2 Å². The smallest absolute Gasteiger partial charge is 0.258 e. The van der Waals surface area contributed by atoms with Gasteiger partial charge in [0.1, 0.15) is 11.9 Å². The van der Waals surface area contributed by atoms with Gasteiger partial charge in [0.2, 0.25) is 11.8 Å². The topological polar surface area (TPSA) is 106 Å². The first-order valence-electron chi connectivity index (χ1n) is 14.6. The Morgan fingerprint density at radius 2 is 1.77 bits per heavy atom. The van der Waals surface area contributed by atoms with Crippen molar-refractivity contribution in [3.8, 4) is 17.2 Å². The zero-order valence-corrected chi connectivity index (χ0v) is 24.4. The van der Waals surface area contributed by atoms with Crippen molar-refractivity contribution in [2.45, 2.75) is 50.8 Å². The van der Waals surface area contributed by atoms with Crippen LogP contribution in [0.3, 0.4) is 0 Å². The van der Waals surface area contributed by atoms with Crippen molar-refractivity contribution in [1.29, 1.82) is 0 Å². The highest BCUT2D eigenvalue weighted by Gasteiger charge is 2.34. The number of hydrogen-bond acceptors (Lipinski definition) is 6. The Balaban J connectivity index is 1.31. The molecule has 0 saturated carbocycles. The van der Waals surface area contributed by atoms with Gasteiger partial charge in [0.15, 0.2) is 29.7 Å². The van der Waals surface area contributed by atoms with Crippen molar-refractivity contribution < 1.29 is 37.4 Å². The van der Waals surface area contributed by atoms with Crippen molar-refractivity contribution in [2.75, 3.05) is 26.8 Å². The number of halogens is 2. The zero-order chi connectivity index (χ0) is 31.1. The van der Waals surface area contributed by atoms with E-state index in [0.717, 1.165) is 23.3 Å². The molecular formula is C33H35F2N3O6. The summed E-state index contributed by atoms with van der Waals surface area (Å²) in [7, 11) is 1.50. The summed E-state index contributed by atoms with van der Waals surface area (Å²) in [6.07, 6.45) is 1.20. The first kappa shape index (κ1) is 30.8. The lowest BCUT2D eigenvalue weighted by atomic mass is 10.0. The largest absolute Gasteiger partial charge is 0.493 e. The van der Waals surface area contributed by atoms with Crippen molar-refractivity contribution >= 4 is 17.7 Å². The van der Waals surface area contributed by atoms with E-state index < -0.39 is 29.7 Å². The second-order valence-corrected chi connectivity index (χ2v) is 10.9. The maximum atomic E-state index is 13.6. The molecule has 0 aliphatic carbocycles. The highest BCUT2D eigenvalue weighted by atomic mass is 19.2. The minimum absolute atomic E-state index is 0.0790. The van der Waals surface area contributed by atoms with Crippen LogP contribution >= 0.6 is 0 Å². The third-order valence-electron chi connectivity index (χ3n) is 7.79. The number of benzene rings is 3. The average Bonchev–Trinajstić information content (AvgIpc) is 3.03. The van der Waals surface area contributed by atoms with E-state index in [0.29, 0.717) is 55.2 Å². The van der Waals surface area contributed by atoms with Gasteiger partial charge in [-0.2, -0.15) is 0 Å². The SMILES string of the molecule is COc1cc2ccc1OCC(=O)N[C@@H]1CN(C(=O)CCc3ccc(F)c(F)c3)CC[C@H]1Oc1ccc(cc1)CNC(=O)CC2. The highest BCUT2D eigenvalue weighted by Crippen LogP contribution is 2.29. The lowest BCUT2D eigenvalue weighted by Gasteiger charge is -2.39. The fourth-order valence-electron chi connectivity index (χ4n) is 5.33. The van der Waals surface area contributed by atoms with E-state index >= 15 is 0 Å². The van der Waals surface area contributed by atoms with E-state index in [4.69, 9.17) is 14.2 Å². The van der Waals surface area contributed by atoms with Gasteiger partial charge in [0.05, 0.1) is 13.2 Å². The van der Waals surface area contributed by atoms with Crippen LogP contribution in [-0.2, 0) is 33.8 Å². The minimum Gasteiger partial charge on any atom is -0.493 e. The summed E-state index contributed by atoms with van der Waals surface area (Å²) in [5, 5.41) is 5.91. The van der Waals surface area contributed by atoms with Crippen molar-refractivity contribution in [2.24, 2.45) is 0 Å². The molecule has 44 heavy (non-hydrogen) atoms. The number of piperidine rings is 1. The summed E-state index contributed by atoms with van der Waals surface area (Å²) in [6, 6.07) is 15.8. The van der Waals surface area contributed by atoms with Crippen LogP contribution in [-0.4, -0.2) is 61.6 Å². The molecule has 5 aliphatic rings. The normalized spacial score (nSPS) is 19.2. The second kappa shape index (κ2) is 14.2. The molecule has 8 rings (SSSR count). The van der Waals surface area contributed by atoms with Gasteiger partial charge in [-0.15, -0.1) is 0 Å². The van der Waals surface area contributed by atoms with Gasteiger partial charge in [-0.05, 0) is 65.9 Å². The van der Waals surface area contributed by atoms with E-state index in [2.05, 4.69) is 10.6 Å². The van der Waals surface area contributed by atoms with Gasteiger partial charge in [0, 0.05) is 38.9 Å². The van der Waals surface area contributed by atoms with Crippen LogP contribution in [0.1, 0.15) is 36.0 Å². The predicted molar refractivity (Wildman–Crippen MR) is 157 cm³/mol. The van der Waals surface area contributed by atoms with Gasteiger partial charge in [-0.25, -0.2) is 8.78 Å². The molecule has 232 valence electrons. The fourth-order valence-corrected chi connectivity index (χ4v) is 5.33. The molecule has 0 radical (unpaired) electrons. The van der Waals surface area contributed by atoms with Crippen molar-refractivity contribution in [1.82, 2.24) is 15.5 Å². The Labute approximate surface area is 254 Å². The molecule has 5 heterocycles. The van der Waals surface area contributed by atoms with Crippen LogP contribution in [0.15, 0.2) is 60.7 Å². The Hall–Kier alpha value is -4.67. The number of ether oxygens (including phenoxy) is 3. The molecule has 11 heteroatoms. The summed E-state index contributed by atoms with van der Waals surface area (Å²) < 4.78 is 44.4. The second-order valence-electron chi connectivity index (χ2n) is 10.9. The van der Waals surface area contributed by atoms with Crippen LogP contribution < -0.4 is 24.8 Å². The standard InChI is InChI=1S/C33H35F2N3O6/c1-42-30-17-22-5-11-29(30)43-20-32(40)37-27-19-38(33(41)13-7-21-4-10-25(34)26(35)16-21)15-14-28(27)44-24-8-2-23(3-9-24)18-36-31(39)12-6-22/h2-5,8-11,16-17,27-28H,6-7,12-15,18-20H2,1H3,(H,36,39)(H,37,40)/t27-,28-/m1/s1. The maximum Gasteiger partial charge on any atom is 0.258 e. The first-order chi connectivity index (χ1) is 21.3. The van der Waals surface area contributed by atoms with Gasteiger partial charge in [-0.3, -0.25) is 14.4 Å². The monoisotopic (exact) mass is 607 g/mol. The lowest BCUT2D eigenvalue weighted by Crippen LogP contribution is -2.58. The molecular weight excluding hydrogens is 572 g/mol. The quantitative estimate of drug-likeness (QED) is 0.469. The van der Waals surface area contributed by atoms with E-state index in [-0.39, 0.29) is 37.8 Å². The number of rotatable bonds is 4. The summed E-state index contributed by atoms with van der Waals surface area (Å²) in [5.74, 6) is -1.10. The van der Waals surface area contributed by atoms with Gasteiger partial charge < -0.3 is 29.7 Å². The maximum absolute atomic E-state index is 13.6. The minimum atomic E-state index is -0.951. The lowest BCUT2D eigenvalue weighted by molar-refractivity contribution is -0.135. The van der Waals surface area contributed by atoms with Crippen LogP contribution in [0, 0.1) is 11.6 Å². The molecule has 9 nitrogen and oxygen atoms in total. The third-order valence-corrected chi connectivity index (χ3v) is 7.79. The third kappa shape index (κ3) is 8.03. The molecule has 3 amide bonds. The molecule has 3 aromatic carbocycles. The van der Waals surface area contributed by atoms with Gasteiger partial charge >= 0.3 is 0 Å². The first-order valence-corrected chi connectivity index (χ1v) is 14.6. The molecule has 3 aromatic rings. The Morgan fingerprint density at radius 1 is 0.977 bits per heavy atom. The molecule has 5 aliphatic heterocycles. The molecule has 2 N–H and O–H groups in total. The average molecular weight is 608 g/mol. The molecule has 0 unspecified atom stereocenters. The number of carbonyl (C=O) groups excluding carboxylic acids is 3. The van der Waals surface area contributed by atoms with Gasteiger partial charge in [-0.1, -0.05) is 24.3 Å². The molecule has 2 atom stereocenters. The number of nitrogens with zero attached hydrogens (tertiary/aromatic N) is 1. The van der Waals surface area contributed by atoms with Crippen LogP contribution in [0.25, 0.3) is 0 Å². The summed E-state index contributed by atoms with van der Waals surface area (Å²) in [4.78, 5) is 40.3. The number of likely N-dealkylation sites (tertiary alicyclic amines) is 1. The summed E-state index contributed by atoms with van der Waals surface area (Å²) in [5.41, 5.74) is 2.33. The number of hydrogen-bond donors (Lipinski definition) is 2. The molecule has 4 bridgehead atoms. The molecule has 1 saturated heterocycles. The van der Waals surface area contributed by atoms with E-state index in [1.54, 1.807) is 17.0 Å².